The maximum atomic E-state index is 13.5. The molecule has 3 nitrogen and oxygen atoms in total. The molecule has 1 aromatic carbocycles. The quantitative estimate of drug-likeness (QED) is 0.880. The Morgan fingerprint density at radius 2 is 2.12 bits per heavy atom. The van der Waals surface area contributed by atoms with Gasteiger partial charge in [0.15, 0.2) is 0 Å². The molecule has 4 heteroatoms. The number of halogens is 1. The first kappa shape index (κ1) is 11.8. The van der Waals surface area contributed by atoms with E-state index < -0.39 is 0 Å². The fourth-order valence-electron chi connectivity index (χ4n) is 1.90. The lowest BCUT2D eigenvalue weighted by molar-refractivity contribution is 0.608. The van der Waals surface area contributed by atoms with Gasteiger partial charge in [-0.25, -0.2) is 4.39 Å². The summed E-state index contributed by atoms with van der Waals surface area (Å²) in [5, 5.41) is 7.31. The van der Waals surface area contributed by atoms with Crippen LogP contribution in [0, 0.1) is 12.7 Å². The van der Waals surface area contributed by atoms with Gasteiger partial charge in [-0.3, -0.25) is 4.68 Å². The zero-order chi connectivity index (χ0) is 12.4. The number of benzene rings is 1. The second-order valence-electron chi connectivity index (χ2n) is 4.18. The average molecular weight is 233 g/mol. The van der Waals surface area contributed by atoms with Crippen LogP contribution in [0.15, 0.2) is 30.6 Å². The van der Waals surface area contributed by atoms with E-state index >= 15 is 0 Å². The van der Waals surface area contributed by atoms with E-state index in [1.807, 2.05) is 26.4 Å². The molecule has 0 aliphatic heterocycles. The summed E-state index contributed by atoms with van der Waals surface area (Å²) in [5.74, 6) is -0.174. The third kappa shape index (κ3) is 2.36. The first-order valence-corrected chi connectivity index (χ1v) is 5.53. The molecule has 0 fully saturated rings. The molecular weight excluding hydrogens is 217 g/mol. The highest BCUT2D eigenvalue weighted by Gasteiger charge is 2.14. The second-order valence-corrected chi connectivity index (χ2v) is 4.18. The van der Waals surface area contributed by atoms with Crippen molar-refractivity contribution in [3.8, 4) is 0 Å². The van der Waals surface area contributed by atoms with Crippen molar-refractivity contribution in [2.75, 3.05) is 7.05 Å². The standard InChI is InChI=1S/C13H16FN3/c1-9-4-5-10(6-12(9)14)13(15-2)11-7-16-17(3)8-11/h4-8,13,15H,1-3H3. The van der Waals surface area contributed by atoms with Crippen LogP contribution in [0.4, 0.5) is 4.39 Å². The minimum atomic E-state index is -0.174. The summed E-state index contributed by atoms with van der Waals surface area (Å²) < 4.78 is 15.3. The molecule has 0 aliphatic carbocycles. The minimum absolute atomic E-state index is 0.0289. The fraction of sp³-hybridized carbons (Fsp3) is 0.308. The Balaban J connectivity index is 2.38. The zero-order valence-electron chi connectivity index (χ0n) is 10.2. The molecule has 0 radical (unpaired) electrons. The van der Waals surface area contributed by atoms with E-state index in [2.05, 4.69) is 10.4 Å². The van der Waals surface area contributed by atoms with Crippen molar-refractivity contribution >= 4 is 0 Å². The van der Waals surface area contributed by atoms with E-state index in [0.717, 1.165) is 11.1 Å². The number of hydrogen-bond donors (Lipinski definition) is 1. The SMILES string of the molecule is CNC(c1ccc(C)c(F)c1)c1cnn(C)c1. The highest BCUT2D eigenvalue weighted by molar-refractivity contribution is 5.32. The number of hydrogen-bond acceptors (Lipinski definition) is 2. The summed E-state index contributed by atoms with van der Waals surface area (Å²) >= 11 is 0. The Morgan fingerprint density at radius 1 is 1.35 bits per heavy atom. The molecule has 0 saturated carbocycles. The van der Waals surface area contributed by atoms with Gasteiger partial charge in [-0.1, -0.05) is 12.1 Å². The summed E-state index contributed by atoms with van der Waals surface area (Å²) in [5.41, 5.74) is 2.59. The first-order valence-electron chi connectivity index (χ1n) is 5.53. The average Bonchev–Trinajstić information content (AvgIpc) is 2.71. The van der Waals surface area contributed by atoms with Crippen LogP contribution >= 0.6 is 0 Å². The van der Waals surface area contributed by atoms with Gasteiger partial charge >= 0.3 is 0 Å². The summed E-state index contributed by atoms with van der Waals surface area (Å²) in [6.07, 6.45) is 3.72. The Hall–Kier alpha value is -1.68. The first-order chi connectivity index (χ1) is 8.11. The number of aromatic nitrogens is 2. The van der Waals surface area contributed by atoms with Gasteiger partial charge in [-0.15, -0.1) is 0 Å². The molecule has 0 spiro atoms. The predicted octanol–water partition coefficient (Wildman–Crippen LogP) is 2.18. The van der Waals surface area contributed by atoms with Gasteiger partial charge in [-0.2, -0.15) is 5.10 Å². The maximum absolute atomic E-state index is 13.5. The van der Waals surface area contributed by atoms with Gasteiger partial charge in [0.2, 0.25) is 0 Å². The van der Waals surface area contributed by atoms with Crippen LogP contribution in [0.25, 0.3) is 0 Å². The van der Waals surface area contributed by atoms with Crippen molar-refractivity contribution in [2.45, 2.75) is 13.0 Å². The van der Waals surface area contributed by atoms with E-state index in [0.29, 0.717) is 5.56 Å². The lowest BCUT2D eigenvalue weighted by Crippen LogP contribution is -2.17. The molecule has 1 heterocycles. The molecule has 17 heavy (non-hydrogen) atoms. The van der Waals surface area contributed by atoms with Crippen LogP contribution in [-0.2, 0) is 7.05 Å². The summed E-state index contributed by atoms with van der Waals surface area (Å²) in [7, 11) is 3.72. The molecule has 1 atom stereocenters. The van der Waals surface area contributed by atoms with Crippen LogP contribution in [0.3, 0.4) is 0 Å². The summed E-state index contributed by atoms with van der Waals surface area (Å²) in [4.78, 5) is 0. The Labute approximate surface area is 100 Å². The van der Waals surface area contributed by atoms with Crippen molar-refractivity contribution in [3.63, 3.8) is 0 Å². The van der Waals surface area contributed by atoms with Crippen molar-refractivity contribution < 1.29 is 4.39 Å². The third-order valence-electron chi connectivity index (χ3n) is 2.88. The normalized spacial score (nSPS) is 12.7. The number of nitrogens with one attached hydrogen (secondary N) is 1. The molecule has 1 aromatic heterocycles. The second kappa shape index (κ2) is 4.67. The highest BCUT2D eigenvalue weighted by atomic mass is 19.1. The van der Waals surface area contributed by atoms with Crippen LogP contribution in [-0.4, -0.2) is 16.8 Å². The topological polar surface area (TPSA) is 29.9 Å². The number of nitrogens with zero attached hydrogens (tertiary/aromatic N) is 2. The van der Waals surface area contributed by atoms with Crippen LogP contribution in [0.1, 0.15) is 22.7 Å². The minimum Gasteiger partial charge on any atom is -0.309 e. The Bertz CT molecular complexity index is 519. The molecule has 0 saturated heterocycles. The van der Waals surface area contributed by atoms with Gasteiger partial charge in [0.1, 0.15) is 5.82 Å². The number of aryl methyl sites for hydroxylation is 2. The van der Waals surface area contributed by atoms with E-state index in [9.17, 15) is 4.39 Å². The monoisotopic (exact) mass is 233 g/mol. The lowest BCUT2D eigenvalue weighted by Gasteiger charge is -2.15. The van der Waals surface area contributed by atoms with Gasteiger partial charge in [-0.05, 0) is 31.2 Å². The van der Waals surface area contributed by atoms with Crippen LogP contribution in [0.2, 0.25) is 0 Å². The van der Waals surface area contributed by atoms with E-state index in [1.165, 1.54) is 0 Å². The van der Waals surface area contributed by atoms with Gasteiger partial charge in [0.05, 0.1) is 12.2 Å². The summed E-state index contributed by atoms with van der Waals surface area (Å²) in [6.45, 7) is 1.76. The smallest absolute Gasteiger partial charge is 0.126 e. The molecule has 0 aliphatic rings. The van der Waals surface area contributed by atoms with Gasteiger partial charge < -0.3 is 5.32 Å². The molecule has 90 valence electrons. The van der Waals surface area contributed by atoms with Crippen LogP contribution < -0.4 is 5.32 Å². The molecule has 2 aromatic rings. The van der Waals surface area contributed by atoms with Gasteiger partial charge in [0, 0.05) is 18.8 Å². The maximum Gasteiger partial charge on any atom is 0.126 e. The van der Waals surface area contributed by atoms with Crippen molar-refractivity contribution in [3.05, 3.63) is 53.1 Å². The Kier molecular flexibility index (Phi) is 3.24. The largest absolute Gasteiger partial charge is 0.309 e. The van der Waals surface area contributed by atoms with Crippen LogP contribution in [0.5, 0.6) is 0 Å². The van der Waals surface area contributed by atoms with E-state index in [4.69, 9.17) is 0 Å². The predicted molar refractivity (Wildman–Crippen MR) is 65.2 cm³/mol. The van der Waals surface area contributed by atoms with Crippen molar-refractivity contribution in [1.29, 1.82) is 0 Å². The molecule has 0 bridgehead atoms. The van der Waals surface area contributed by atoms with Crippen molar-refractivity contribution in [2.24, 2.45) is 7.05 Å². The fourth-order valence-corrected chi connectivity index (χ4v) is 1.90. The molecule has 0 amide bonds. The van der Waals surface area contributed by atoms with Gasteiger partial charge in [0.25, 0.3) is 0 Å². The lowest BCUT2D eigenvalue weighted by atomic mass is 10.0. The third-order valence-corrected chi connectivity index (χ3v) is 2.88. The molecule has 1 N–H and O–H groups in total. The molecular formula is C13H16FN3. The zero-order valence-corrected chi connectivity index (χ0v) is 10.2. The number of rotatable bonds is 3. The molecule has 2 rings (SSSR count). The van der Waals surface area contributed by atoms with E-state index in [-0.39, 0.29) is 11.9 Å². The Morgan fingerprint density at radius 3 is 2.65 bits per heavy atom. The van der Waals surface area contributed by atoms with E-state index in [1.54, 1.807) is 29.9 Å². The highest BCUT2D eigenvalue weighted by Crippen LogP contribution is 2.22. The summed E-state index contributed by atoms with van der Waals surface area (Å²) in [6, 6.07) is 5.28. The van der Waals surface area contributed by atoms with Crippen molar-refractivity contribution in [1.82, 2.24) is 15.1 Å². The molecule has 1 unspecified atom stereocenters.